The summed E-state index contributed by atoms with van der Waals surface area (Å²) in [6.45, 7) is 2.60. The van der Waals surface area contributed by atoms with Crippen molar-refractivity contribution in [1.82, 2.24) is 5.32 Å². The van der Waals surface area contributed by atoms with Crippen molar-refractivity contribution < 1.29 is 14.9 Å². The van der Waals surface area contributed by atoms with E-state index >= 15 is 0 Å². The first-order chi connectivity index (χ1) is 8.61. The highest BCUT2D eigenvalue weighted by atomic mass is 16.5. The van der Waals surface area contributed by atoms with Crippen LogP contribution in [0, 0.1) is 0 Å². The maximum atomic E-state index is 9.36. The van der Waals surface area contributed by atoms with Gasteiger partial charge in [0, 0.05) is 12.6 Å². The summed E-state index contributed by atoms with van der Waals surface area (Å²) in [5, 5.41) is 22.2. The van der Waals surface area contributed by atoms with Crippen LogP contribution in [-0.4, -0.2) is 47.2 Å². The molecule has 0 amide bonds. The van der Waals surface area contributed by atoms with E-state index in [-0.39, 0.29) is 18.8 Å². The van der Waals surface area contributed by atoms with Gasteiger partial charge in [-0.3, -0.25) is 0 Å². The molecule has 3 N–H and O–H groups in total. The molecule has 1 saturated carbocycles. The van der Waals surface area contributed by atoms with E-state index in [1.807, 2.05) is 6.92 Å². The molecule has 1 atom stereocenters. The molecule has 1 heterocycles. The van der Waals surface area contributed by atoms with Crippen LogP contribution < -0.4 is 5.32 Å². The molecule has 1 unspecified atom stereocenters. The van der Waals surface area contributed by atoms with Gasteiger partial charge in [-0.05, 0) is 32.6 Å². The summed E-state index contributed by atoms with van der Waals surface area (Å²) in [5.41, 5.74) is -0.502. The van der Waals surface area contributed by atoms with Crippen LogP contribution in [0.4, 0.5) is 0 Å². The highest BCUT2D eigenvalue weighted by Gasteiger charge is 2.40. The first kappa shape index (κ1) is 14.3. The van der Waals surface area contributed by atoms with Gasteiger partial charge in [0.05, 0.1) is 24.4 Å². The normalized spacial score (nSPS) is 28.5. The third-order valence-corrected chi connectivity index (χ3v) is 4.51. The maximum Gasteiger partial charge on any atom is 0.0697 e. The molecule has 1 aliphatic heterocycles. The second-order valence-corrected chi connectivity index (χ2v) is 6.30. The van der Waals surface area contributed by atoms with Gasteiger partial charge < -0.3 is 20.3 Å². The lowest BCUT2D eigenvalue weighted by Gasteiger charge is -2.45. The Balaban J connectivity index is 1.94. The number of rotatable bonds is 4. The zero-order valence-corrected chi connectivity index (χ0v) is 11.5. The first-order valence-electron chi connectivity index (χ1n) is 7.25. The van der Waals surface area contributed by atoms with Gasteiger partial charge in [0.1, 0.15) is 0 Å². The molecule has 2 rings (SSSR count). The Morgan fingerprint density at radius 3 is 2.50 bits per heavy atom. The minimum Gasteiger partial charge on any atom is -0.394 e. The third-order valence-electron chi connectivity index (χ3n) is 4.51. The summed E-state index contributed by atoms with van der Waals surface area (Å²) < 4.78 is 6.05. The lowest BCUT2D eigenvalue weighted by molar-refractivity contribution is -0.113. The molecule has 0 aromatic rings. The fourth-order valence-corrected chi connectivity index (χ4v) is 3.33. The SMILES string of the molecule is CC(CO)(CO)NC1CCOC2(CCCCC2)C1. The van der Waals surface area contributed by atoms with Gasteiger partial charge >= 0.3 is 0 Å². The van der Waals surface area contributed by atoms with E-state index < -0.39 is 5.54 Å². The van der Waals surface area contributed by atoms with E-state index in [0.29, 0.717) is 6.04 Å². The summed E-state index contributed by atoms with van der Waals surface area (Å²) in [4.78, 5) is 0. The molecule has 1 saturated heterocycles. The number of ether oxygens (including phenoxy) is 1. The molecule has 2 fully saturated rings. The van der Waals surface area contributed by atoms with Crippen LogP contribution in [0.25, 0.3) is 0 Å². The molecule has 2 aliphatic rings. The van der Waals surface area contributed by atoms with Crippen LogP contribution >= 0.6 is 0 Å². The average Bonchev–Trinajstić information content (AvgIpc) is 2.39. The van der Waals surface area contributed by atoms with Crippen LogP contribution in [-0.2, 0) is 4.74 Å². The van der Waals surface area contributed by atoms with Gasteiger partial charge in [-0.15, -0.1) is 0 Å². The largest absolute Gasteiger partial charge is 0.394 e. The van der Waals surface area contributed by atoms with Crippen LogP contribution in [0.15, 0.2) is 0 Å². The Morgan fingerprint density at radius 1 is 1.22 bits per heavy atom. The Labute approximate surface area is 110 Å². The molecular weight excluding hydrogens is 230 g/mol. The van der Waals surface area contributed by atoms with Crippen LogP contribution in [0.5, 0.6) is 0 Å². The second-order valence-electron chi connectivity index (χ2n) is 6.30. The minimum absolute atomic E-state index is 0.0339. The lowest BCUT2D eigenvalue weighted by atomic mass is 9.78. The van der Waals surface area contributed by atoms with Crippen molar-refractivity contribution in [2.45, 2.75) is 69.1 Å². The van der Waals surface area contributed by atoms with Crippen molar-refractivity contribution in [3.63, 3.8) is 0 Å². The Kier molecular flexibility index (Phi) is 4.64. The standard InChI is InChI=1S/C14H27NO3/c1-13(10-16,11-17)15-12-5-8-18-14(9-12)6-3-2-4-7-14/h12,15-17H,2-11H2,1H3. The van der Waals surface area contributed by atoms with E-state index in [0.717, 1.165) is 19.4 Å². The number of aliphatic hydroxyl groups excluding tert-OH is 2. The number of hydrogen-bond donors (Lipinski definition) is 3. The predicted octanol–water partition coefficient (Wildman–Crippen LogP) is 1.20. The second kappa shape index (κ2) is 5.87. The van der Waals surface area contributed by atoms with E-state index in [1.54, 1.807) is 0 Å². The smallest absolute Gasteiger partial charge is 0.0697 e. The van der Waals surface area contributed by atoms with Crippen molar-refractivity contribution in [3.05, 3.63) is 0 Å². The summed E-state index contributed by atoms with van der Waals surface area (Å²) in [5.74, 6) is 0. The summed E-state index contributed by atoms with van der Waals surface area (Å²) in [6, 6.07) is 0.348. The molecule has 18 heavy (non-hydrogen) atoms. The van der Waals surface area contributed by atoms with E-state index in [2.05, 4.69) is 5.32 Å². The zero-order chi connectivity index (χ0) is 13.1. The molecule has 0 aromatic heterocycles. The molecule has 0 bridgehead atoms. The molecule has 4 nitrogen and oxygen atoms in total. The van der Waals surface area contributed by atoms with Crippen molar-refractivity contribution in [3.8, 4) is 0 Å². The van der Waals surface area contributed by atoms with Crippen molar-refractivity contribution in [1.29, 1.82) is 0 Å². The molecule has 0 aromatic carbocycles. The van der Waals surface area contributed by atoms with Gasteiger partial charge in [0.25, 0.3) is 0 Å². The van der Waals surface area contributed by atoms with Gasteiger partial charge in [-0.25, -0.2) is 0 Å². The summed E-state index contributed by atoms with van der Waals surface area (Å²) >= 11 is 0. The van der Waals surface area contributed by atoms with Crippen LogP contribution in [0.3, 0.4) is 0 Å². The quantitative estimate of drug-likeness (QED) is 0.708. The Morgan fingerprint density at radius 2 is 1.89 bits per heavy atom. The molecule has 106 valence electrons. The first-order valence-corrected chi connectivity index (χ1v) is 7.25. The van der Waals surface area contributed by atoms with E-state index in [9.17, 15) is 10.2 Å². The number of hydrogen-bond acceptors (Lipinski definition) is 4. The van der Waals surface area contributed by atoms with Gasteiger partial charge in [0.2, 0.25) is 0 Å². The van der Waals surface area contributed by atoms with Gasteiger partial charge in [0.15, 0.2) is 0 Å². The highest BCUT2D eigenvalue weighted by Crippen LogP contribution is 2.38. The Hall–Kier alpha value is -0.160. The van der Waals surface area contributed by atoms with Crippen molar-refractivity contribution in [2.75, 3.05) is 19.8 Å². The van der Waals surface area contributed by atoms with E-state index in [4.69, 9.17) is 4.74 Å². The van der Waals surface area contributed by atoms with Crippen molar-refractivity contribution >= 4 is 0 Å². The molecule has 0 radical (unpaired) electrons. The molecule has 4 heteroatoms. The van der Waals surface area contributed by atoms with Crippen molar-refractivity contribution in [2.24, 2.45) is 0 Å². The molecular formula is C14H27NO3. The summed E-state index contributed by atoms with van der Waals surface area (Å²) in [7, 11) is 0. The molecule has 1 aliphatic carbocycles. The molecule has 1 spiro atoms. The number of aliphatic hydroxyl groups is 2. The number of nitrogens with one attached hydrogen (secondary N) is 1. The van der Waals surface area contributed by atoms with E-state index in [1.165, 1.54) is 32.1 Å². The third kappa shape index (κ3) is 3.23. The highest BCUT2D eigenvalue weighted by molar-refractivity contribution is 4.95. The topological polar surface area (TPSA) is 61.7 Å². The summed E-state index contributed by atoms with van der Waals surface area (Å²) in [6.07, 6.45) is 8.18. The van der Waals surface area contributed by atoms with Gasteiger partial charge in [-0.1, -0.05) is 19.3 Å². The average molecular weight is 257 g/mol. The van der Waals surface area contributed by atoms with Crippen LogP contribution in [0.2, 0.25) is 0 Å². The predicted molar refractivity (Wildman–Crippen MR) is 70.5 cm³/mol. The fourth-order valence-electron chi connectivity index (χ4n) is 3.33. The Bertz CT molecular complexity index is 254. The minimum atomic E-state index is -0.572. The zero-order valence-electron chi connectivity index (χ0n) is 11.5. The lowest BCUT2D eigenvalue weighted by Crippen LogP contribution is -2.57. The van der Waals surface area contributed by atoms with Gasteiger partial charge in [-0.2, -0.15) is 0 Å². The maximum absolute atomic E-state index is 9.36. The fraction of sp³-hybridized carbons (Fsp3) is 1.00. The monoisotopic (exact) mass is 257 g/mol. The van der Waals surface area contributed by atoms with Crippen LogP contribution in [0.1, 0.15) is 51.9 Å².